The van der Waals surface area contributed by atoms with Gasteiger partial charge in [-0.15, -0.1) is 0 Å². The summed E-state index contributed by atoms with van der Waals surface area (Å²) in [6, 6.07) is 125. The van der Waals surface area contributed by atoms with E-state index in [2.05, 4.69) is 340 Å². The van der Waals surface area contributed by atoms with Crippen molar-refractivity contribution >= 4 is 141 Å². The van der Waals surface area contributed by atoms with Gasteiger partial charge in [0.15, 0.2) is 0 Å². The SMILES string of the molecule is c1cc(-c2ccc3oc4ccc5ccccc5c4c3c2)cc(-c2c3ccccc3c(-c3ccc4cc(-c5ccc6oc7c8ccc(-c9ccc(-c%10c%11ccccc%11c(-c%11ccc%12ccccc%12c%11)c%11ccccc%10%11)cc9)cc8c8ccccc8c7c6c5)ccc4c3)c3ccccc23)c1. The molecular formula is C96H56O2. The summed E-state index contributed by atoms with van der Waals surface area (Å²) in [7, 11) is 0. The number of hydrogen-bond donors (Lipinski definition) is 0. The van der Waals surface area contributed by atoms with Crippen LogP contribution < -0.4 is 0 Å². The van der Waals surface area contributed by atoms with E-state index in [0.29, 0.717) is 0 Å². The smallest absolute Gasteiger partial charge is 0.143 e. The van der Waals surface area contributed by atoms with Gasteiger partial charge in [-0.05, 0) is 236 Å². The lowest BCUT2D eigenvalue weighted by Crippen LogP contribution is -1.91. The van der Waals surface area contributed by atoms with Crippen molar-refractivity contribution in [2.75, 3.05) is 0 Å². The summed E-state index contributed by atoms with van der Waals surface area (Å²) in [5, 5.41) is 26.4. The maximum absolute atomic E-state index is 6.97. The van der Waals surface area contributed by atoms with Crippen LogP contribution in [0.3, 0.4) is 0 Å². The van der Waals surface area contributed by atoms with E-state index >= 15 is 0 Å². The average Bonchev–Trinajstić information content (AvgIpc) is 1.04. The Morgan fingerprint density at radius 2 is 0.490 bits per heavy atom. The average molecular weight is 1240 g/mol. The quantitative estimate of drug-likeness (QED) is 0.117. The molecule has 0 N–H and O–H groups in total. The van der Waals surface area contributed by atoms with Crippen molar-refractivity contribution in [3.8, 4) is 77.9 Å². The van der Waals surface area contributed by atoms with E-state index in [4.69, 9.17) is 8.83 Å². The van der Waals surface area contributed by atoms with E-state index in [1.165, 1.54) is 147 Å². The molecule has 2 nitrogen and oxygen atoms in total. The number of fused-ring (bicyclic) bond motifs is 19. The van der Waals surface area contributed by atoms with Crippen molar-refractivity contribution in [3.63, 3.8) is 0 Å². The van der Waals surface area contributed by atoms with Crippen LogP contribution in [0.2, 0.25) is 0 Å². The van der Waals surface area contributed by atoms with Gasteiger partial charge in [0.2, 0.25) is 0 Å². The van der Waals surface area contributed by atoms with Crippen molar-refractivity contribution < 1.29 is 8.83 Å². The van der Waals surface area contributed by atoms with Crippen molar-refractivity contribution in [2.45, 2.75) is 0 Å². The number of furan rings is 2. The zero-order valence-corrected chi connectivity index (χ0v) is 53.1. The van der Waals surface area contributed by atoms with E-state index in [1.807, 2.05) is 0 Å². The topological polar surface area (TPSA) is 26.3 Å². The molecule has 0 amide bonds. The van der Waals surface area contributed by atoms with Gasteiger partial charge in [0.25, 0.3) is 0 Å². The number of benzene rings is 19. The normalized spacial score (nSPS) is 12.1. The molecule has 0 spiro atoms. The van der Waals surface area contributed by atoms with Gasteiger partial charge in [-0.2, -0.15) is 0 Å². The molecule has 452 valence electrons. The van der Waals surface area contributed by atoms with E-state index in [-0.39, 0.29) is 0 Å². The van der Waals surface area contributed by atoms with E-state index < -0.39 is 0 Å². The molecule has 0 atom stereocenters. The summed E-state index contributed by atoms with van der Waals surface area (Å²) in [5.41, 5.74) is 20.4. The third kappa shape index (κ3) is 8.35. The molecule has 98 heavy (non-hydrogen) atoms. The predicted octanol–water partition coefficient (Wildman–Crippen LogP) is 27.5. The fourth-order valence-electron chi connectivity index (χ4n) is 16.7. The molecule has 0 saturated carbocycles. The fourth-order valence-corrected chi connectivity index (χ4v) is 16.7. The molecule has 0 saturated heterocycles. The lowest BCUT2D eigenvalue weighted by atomic mass is 9.85. The Bertz CT molecular complexity index is 6870. The van der Waals surface area contributed by atoms with Gasteiger partial charge in [-0.1, -0.05) is 273 Å². The van der Waals surface area contributed by atoms with Gasteiger partial charge in [0.1, 0.15) is 22.3 Å². The van der Waals surface area contributed by atoms with Crippen LogP contribution in [0.25, 0.3) is 219 Å². The second-order valence-electron chi connectivity index (χ2n) is 26.5. The maximum Gasteiger partial charge on any atom is 0.143 e. The first-order valence-electron chi connectivity index (χ1n) is 33.8. The molecular weight excluding hydrogens is 1190 g/mol. The molecule has 21 rings (SSSR count). The summed E-state index contributed by atoms with van der Waals surface area (Å²) in [4.78, 5) is 0. The van der Waals surface area contributed by atoms with Crippen molar-refractivity contribution in [1.82, 2.24) is 0 Å². The molecule has 2 heterocycles. The van der Waals surface area contributed by atoms with Crippen LogP contribution in [-0.2, 0) is 0 Å². The van der Waals surface area contributed by atoms with Gasteiger partial charge >= 0.3 is 0 Å². The standard InChI is InChI=1S/C96H56O2/c1-2-18-61-51-70(40-34-57(61)16-1)92-77-26-9-7-24-75(77)90(76-25-8-10-27-78(76)92)60-35-32-58(33-36-60)66-42-46-83-84(54-66)73-22-5-6-23-74(73)95-86-56-68(45-48-88(86)98-96(83)95)64-37-38-65-53-71(41-39-63(65)50-64)93-81-30-13-11-28-79(81)91(80-29-12-14-31-82(80)93)69-20-15-19-62(52-69)67-44-47-87-85(55-67)94-72-21-4-3-17-59(72)43-49-89(94)97-87/h1-56H. The molecule has 0 radical (unpaired) electrons. The molecule has 0 unspecified atom stereocenters. The molecule has 0 fully saturated rings. The highest BCUT2D eigenvalue weighted by molar-refractivity contribution is 6.31. The first-order valence-corrected chi connectivity index (χ1v) is 33.8. The number of hydrogen-bond acceptors (Lipinski definition) is 2. The zero-order chi connectivity index (χ0) is 64.1. The minimum atomic E-state index is 0.880. The first kappa shape index (κ1) is 54.5. The summed E-state index contributed by atoms with van der Waals surface area (Å²) >= 11 is 0. The van der Waals surface area contributed by atoms with Crippen LogP contribution in [0.5, 0.6) is 0 Å². The molecule has 2 aromatic heterocycles. The van der Waals surface area contributed by atoms with Gasteiger partial charge in [-0.3, -0.25) is 0 Å². The molecule has 0 bridgehead atoms. The van der Waals surface area contributed by atoms with Gasteiger partial charge < -0.3 is 8.83 Å². The van der Waals surface area contributed by atoms with Crippen molar-refractivity contribution in [3.05, 3.63) is 340 Å². The van der Waals surface area contributed by atoms with E-state index in [0.717, 1.165) is 71.5 Å². The lowest BCUT2D eigenvalue weighted by molar-refractivity contribution is 0.669. The van der Waals surface area contributed by atoms with Gasteiger partial charge in [0, 0.05) is 26.9 Å². The van der Waals surface area contributed by atoms with Gasteiger partial charge in [0.05, 0.1) is 0 Å². The third-order valence-corrected chi connectivity index (χ3v) is 21.2. The third-order valence-electron chi connectivity index (χ3n) is 21.2. The second-order valence-corrected chi connectivity index (χ2v) is 26.5. The Morgan fingerprint density at radius 3 is 1.09 bits per heavy atom. The predicted molar refractivity (Wildman–Crippen MR) is 417 cm³/mol. The highest BCUT2D eigenvalue weighted by atomic mass is 16.3. The Balaban J connectivity index is 0.616. The van der Waals surface area contributed by atoms with E-state index in [1.54, 1.807) is 0 Å². The van der Waals surface area contributed by atoms with Crippen LogP contribution in [0.15, 0.2) is 349 Å². The Kier molecular flexibility index (Phi) is 11.9. The Hall–Kier alpha value is -12.9. The summed E-state index contributed by atoms with van der Waals surface area (Å²) in [6.45, 7) is 0. The first-order chi connectivity index (χ1) is 48.6. The Labute approximate surface area is 563 Å². The molecule has 19 aromatic carbocycles. The highest BCUT2D eigenvalue weighted by Crippen LogP contribution is 2.49. The van der Waals surface area contributed by atoms with Crippen molar-refractivity contribution in [1.29, 1.82) is 0 Å². The number of rotatable bonds is 7. The van der Waals surface area contributed by atoms with E-state index in [9.17, 15) is 0 Å². The van der Waals surface area contributed by atoms with Crippen molar-refractivity contribution in [2.24, 2.45) is 0 Å². The molecule has 0 aliphatic carbocycles. The maximum atomic E-state index is 6.97. The molecule has 2 heteroatoms. The summed E-state index contributed by atoms with van der Waals surface area (Å²) in [6.07, 6.45) is 0. The molecule has 0 aliphatic heterocycles. The molecule has 0 aliphatic rings. The summed E-state index contributed by atoms with van der Waals surface area (Å²) in [5.74, 6) is 0. The largest absolute Gasteiger partial charge is 0.456 e. The van der Waals surface area contributed by atoms with Crippen LogP contribution in [-0.4, -0.2) is 0 Å². The lowest BCUT2D eigenvalue weighted by Gasteiger charge is -2.18. The fraction of sp³-hybridized carbons (Fsp3) is 0. The molecule has 21 aromatic rings. The minimum absolute atomic E-state index is 0.880. The highest BCUT2D eigenvalue weighted by Gasteiger charge is 2.23. The summed E-state index contributed by atoms with van der Waals surface area (Å²) < 4.78 is 13.4. The van der Waals surface area contributed by atoms with Crippen LogP contribution in [0.4, 0.5) is 0 Å². The van der Waals surface area contributed by atoms with Crippen LogP contribution >= 0.6 is 0 Å². The minimum Gasteiger partial charge on any atom is -0.456 e. The van der Waals surface area contributed by atoms with Crippen LogP contribution in [0, 0.1) is 0 Å². The van der Waals surface area contributed by atoms with Crippen LogP contribution in [0.1, 0.15) is 0 Å². The second kappa shape index (κ2) is 21.3. The van der Waals surface area contributed by atoms with Gasteiger partial charge in [-0.25, -0.2) is 0 Å². The monoisotopic (exact) mass is 1240 g/mol. The Morgan fingerprint density at radius 1 is 0.143 bits per heavy atom. The zero-order valence-electron chi connectivity index (χ0n) is 53.1.